The van der Waals surface area contributed by atoms with Crippen LogP contribution >= 0.6 is 15.9 Å². The minimum absolute atomic E-state index is 0.0576. The van der Waals surface area contributed by atoms with Crippen molar-refractivity contribution >= 4 is 21.6 Å². The zero-order valence-electron chi connectivity index (χ0n) is 6.19. The molecule has 1 rings (SSSR count). The fourth-order valence-electron chi connectivity index (χ4n) is 0.748. The van der Waals surface area contributed by atoms with Gasteiger partial charge in [-0.25, -0.2) is 0 Å². The molecule has 1 aromatic heterocycles. The van der Waals surface area contributed by atoms with Gasteiger partial charge < -0.3 is 0 Å². The van der Waals surface area contributed by atoms with E-state index in [-0.39, 0.29) is 10.2 Å². The van der Waals surface area contributed by atoms with E-state index in [9.17, 15) is 10.1 Å². The molecule has 0 saturated heterocycles. The molecule has 5 nitrogen and oxygen atoms in total. The molecule has 1 aromatic rings. The average Bonchev–Trinajstić information content (AvgIpc) is 1.96. The van der Waals surface area contributed by atoms with Gasteiger partial charge in [0.05, 0.1) is 11.0 Å². The van der Waals surface area contributed by atoms with Crippen LogP contribution in [0.4, 0.5) is 5.69 Å². The first kappa shape index (κ1) is 8.92. The second-order valence-electron chi connectivity index (χ2n) is 2.25. The number of hydrogen-bond donors (Lipinski definition) is 1. The van der Waals surface area contributed by atoms with Crippen LogP contribution in [0.3, 0.4) is 0 Å². The van der Waals surface area contributed by atoms with E-state index < -0.39 is 4.92 Å². The normalized spacial score (nSPS) is 9.83. The number of rotatable bonds is 1. The topological polar surface area (TPSA) is 67.2 Å². The summed E-state index contributed by atoms with van der Waals surface area (Å²) in [6.45, 7) is 1.57. The zero-order valence-corrected chi connectivity index (χ0v) is 7.78. The highest BCUT2D eigenvalue weighted by molar-refractivity contribution is 9.10. The summed E-state index contributed by atoms with van der Waals surface area (Å²) in [4.78, 5) is 9.85. The Labute approximate surface area is 76.5 Å². The third kappa shape index (κ3) is 1.53. The number of nitrogens with zero attached hydrogens (tertiary/aromatic N) is 2. The van der Waals surface area contributed by atoms with Crippen LogP contribution in [0.25, 0.3) is 0 Å². The monoisotopic (exact) mass is 233 g/mol. The standard InChI is InChI=1S/C6H6BrN2O3/c1-4-2-6(9(11)12)5(7)3-8(4)10/h2-3,10H,1H3/q+1. The largest absolute Gasteiger partial charge is 0.296 e. The van der Waals surface area contributed by atoms with Gasteiger partial charge >= 0.3 is 0 Å². The Morgan fingerprint density at radius 1 is 1.75 bits per heavy atom. The Kier molecular flexibility index (Phi) is 2.27. The quantitative estimate of drug-likeness (QED) is 0.343. The number of aromatic nitrogens is 1. The Hall–Kier alpha value is -1.17. The minimum Gasteiger partial charge on any atom is -0.285 e. The van der Waals surface area contributed by atoms with E-state index in [1.807, 2.05) is 0 Å². The summed E-state index contributed by atoms with van der Waals surface area (Å²) in [6.07, 6.45) is 1.23. The van der Waals surface area contributed by atoms with Gasteiger partial charge in [0.25, 0.3) is 5.69 Å². The van der Waals surface area contributed by atoms with E-state index in [2.05, 4.69) is 15.9 Å². The van der Waals surface area contributed by atoms with Crippen molar-refractivity contribution in [3.8, 4) is 0 Å². The summed E-state index contributed by atoms with van der Waals surface area (Å²) >= 11 is 2.96. The van der Waals surface area contributed by atoms with Crippen LogP contribution < -0.4 is 4.73 Å². The fraction of sp³-hybridized carbons (Fsp3) is 0.167. The van der Waals surface area contributed by atoms with Crippen LogP contribution in [-0.4, -0.2) is 10.1 Å². The van der Waals surface area contributed by atoms with Gasteiger partial charge in [-0.15, -0.1) is 0 Å². The number of pyridine rings is 1. The average molecular weight is 234 g/mol. The molecule has 0 bridgehead atoms. The fourth-order valence-corrected chi connectivity index (χ4v) is 1.20. The van der Waals surface area contributed by atoms with Gasteiger partial charge in [0.1, 0.15) is 0 Å². The lowest BCUT2D eigenvalue weighted by Gasteiger charge is -1.93. The van der Waals surface area contributed by atoms with Crippen molar-refractivity contribution < 1.29 is 14.9 Å². The van der Waals surface area contributed by atoms with Crippen LogP contribution in [-0.2, 0) is 0 Å². The van der Waals surface area contributed by atoms with E-state index in [0.717, 1.165) is 4.73 Å². The van der Waals surface area contributed by atoms with Crippen LogP contribution in [0.1, 0.15) is 5.69 Å². The minimum atomic E-state index is -0.517. The summed E-state index contributed by atoms with van der Waals surface area (Å²) in [5.74, 6) is 0. The maximum Gasteiger partial charge on any atom is 0.296 e. The Morgan fingerprint density at radius 3 is 2.83 bits per heavy atom. The number of halogens is 1. The van der Waals surface area contributed by atoms with Gasteiger partial charge in [0.2, 0.25) is 11.9 Å². The molecule has 6 heteroatoms. The predicted octanol–water partition coefficient (Wildman–Crippen LogP) is 1.19. The van der Waals surface area contributed by atoms with Crippen LogP contribution in [0.2, 0.25) is 0 Å². The maximum absolute atomic E-state index is 10.4. The highest BCUT2D eigenvalue weighted by Gasteiger charge is 2.19. The van der Waals surface area contributed by atoms with Crippen molar-refractivity contribution in [2.24, 2.45) is 0 Å². The van der Waals surface area contributed by atoms with Crippen molar-refractivity contribution in [1.29, 1.82) is 0 Å². The van der Waals surface area contributed by atoms with Gasteiger partial charge in [-0.1, -0.05) is 0 Å². The molecule has 0 radical (unpaired) electrons. The molecule has 0 aliphatic rings. The van der Waals surface area contributed by atoms with E-state index in [1.165, 1.54) is 12.3 Å². The molecule has 12 heavy (non-hydrogen) atoms. The van der Waals surface area contributed by atoms with Gasteiger partial charge in [0.15, 0.2) is 4.47 Å². The Bertz CT molecular complexity index is 340. The van der Waals surface area contributed by atoms with Gasteiger partial charge in [-0.05, 0) is 15.9 Å². The summed E-state index contributed by atoms with van der Waals surface area (Å²) < 4.78 is 1.07. The molecule has 0 spiro atoms. The molecule has 0 aliphatic carbocycles. The Balaban J connectivity index is 3.33. The molecule has 0 fully saturated rings. The maximum atomic E-state index is 10.4. The molecular formula is C6H6BrN2O3+. The lowest BCUT2D eigenvalue weighted by Crippen LogP contribution is -2.33. The third-order valence-electron chi connectivity index (χ3n) is 1.38. The van der Waals surface area contributed by atoms with Gasteiger partial charge in [-0.3, -0.25) is 15.3 Å². The summed E-state index contributed by atoms with van der Waals surface area (Å²) in [5, 5.41) is 19.4. The number of hydrogen-bond acceptors (Lipinski definition) is 3. The molecule has 0 amide bonds. The highest BCUT2D eigenvalue weighted by Crippen LogP contribution is 2.22. The molecule has 0 aliphatic heterocycles. The van der Waals surface area contributed by atoms with Crippen LogP contribution in [0.5, 0.6) is 0 Å². The first-order chi connectivity index (χ1) is 5.52. The van der Waals surface area contributed by atoms with E-state index in [0.29, 0.717) is 5.69 Å². The number of nitro groups is 1. The Morgan fingerprint density at radius 2 is 2.33 bits per heavy atom. The van der Waals surface area contributed by atoms with Crippen molar-refractivity contribution in [3.63, 3.8) is 0 Å². The van der Waals surface area contributed by atoms with Crippen molar-refractivity contribution in [2.75, 3.05) is 0 Å². The zero-order chi connectivity index (χ0) is 9.30. The molecule has 64 valence electrons. The molecule has 0 atom stereocenters. The molecule has 1 heterocycles. The van der Waals surface area contributed by atoms with Crippen molar-refractivity contribution in [3.05, 3.63) is 32.5 Å². The predicted molar refractivity (Wildman–Crippen MR) is 42.9 cm³/mol. The highest BCUT2D eigenvalue weighted by atomic mass is 79.9. The summed E-state index contributed by atoms with van der Waals surface area (Å²) in [6, 6.07) is 1.28. The molecular weight excluding hydrogens is 228 g/mol. The van der Waals surface area contributed by atoms with E-state index >= 15 is 0 Å². The van der Waals surface area contributed by atoms with E-state index in [4.69, 9.17) is 5.21 Å². The lowest BCUT2D eigenvalue weighted by molar-refractivity contribution is -0.909. The third-order valence-corrected chi connectivity index (χ3v) is 1.99. The van der Waals surface area contributed by atoms with Crippen LogP contribution in [0.15, 0.2) is 16.7 Å². The smallest absolute Gasteiger partial charge is 0.285 e. The SMILES string of the molecule is Cc1cc([N+](=O)[O-])c(Br)c[n+]1O. The summed E-state index contributed by atoms with van der Waals surface area (Å²) in [5.41, 5.74) is 0.350. The van der Waals surface area contributed by atoms with Crippen LogP contribution in [0, 0.1) is 17.0 Å². The van der Waals surface area contributed by atoms with E-state index in [1.54, 1.807) is 6.92 Å². The first-order valence-corrected chi connectivity index (χ1v) is 3.87. The van der Waals surface area contributed by atoms with Gasteiger partial charge in [-0.2, -0.15) is 0 Å². The molecule has 1 N–H and O–H groups in total. The first-order valence-electron chi connectivity index (χ1n) is 3.08. The lowest BCUT2D eigenvalue weighted by atomic mass is 10.3. The second-order valence-corrected chi connectivity index (χ2v) is 3.10. The number of aryl methyl sites for hydroxylation is 1. The molecule has 0 unspecified atom stereocenters. The van der Waals surface area contributed by atoms with Gasteiger partial charge in [0, 0.05) is 11.7 Å². The molecule has 0 aromatic carbocycles. The summed E-state index contributed by atoms with van der Waals surface area (Å²) in [7, 11) is 0. The second kappa shape index (κ2) is 3.06. The molecule has 0 saturated carbocycles. The van der Waals surface area contributed by atoms with Crippen molar-refractivity contribution in [2.45, 2.75) is 6.92 Å². The van der Waals surface area contributed by atoms with Crippen molar-refractivity contribution in [1.82, 2.24) is 0 Å².